The number of carbonyl (C=O) groups is 3. The van der Waals surface area contributed by atoms with Crippen molar-refractivity contribution < 1.29 is 28.6 Å². The zero-order valence-electron chi connectivity index (χ0n) is 14.5. The van der Waals surface area contributed by atoms with Gasteiger partial charge in [0.15, 0.2) is 5.78 Å². The summed E-state index contributed by atoms with van der Waals surface area (Å²) in [4.78, 5) is 38.0. The van der Waals surface area contributed by atoms with Crippen LogP contribution in [0, 0.1) is 5.92 Å². The lowest BCUT2D eigenvalue weighted by atomic mass is 9.69. The van der Waals surface area contributed by atoms with Crippen LogP contribution in [-0.4, -0.2) is 43.6 Å². The van der Waals surface area contributed by atoms with Crippen LogP contribution in [0.4, 0.5) is 0 Å². The Balaban J connectivity index is 1.84. The highest BCUT2D eigenvalue weighted by Gasteiger charge is 2.60. The Hall–Kier alpha value is -2.73. The van der Waals surface area contributed by atoms with Gasteiger partial charge in [0.05, 0.1) is 31.3 Å². The minimum absolute atomic E-state index is 0.0806. The van der Waals surface area contributed by atoms with Crippen LogP contribution in [0.25, 0.3) is 0 Å². The largest absolute Gasteiger partial charge is 0.466 e. The van der Waals surface area contributed by atoms with Crippen molar-refractivity contribution in [2.75, 3.05) is 14.2 Å². The van der Waals surface area contributed by atoms with E-state index in [0.717, 1.165) is 5.56 Å². The fourth-order valence-electron chi connectivity index (χ4n) is 4.25. The van der Waals surface area contributed by atoms with E-state index in [1.165, 1.54) is 14.2 Å². The van der Waals surface area contributed by atoms with Gasteiger partial charge in [-0.25, -0.2) is 9.59 Å². The number of carbonyl (C=O) groups excluding carboxylic acids is 3. The van der Waals surface area contributed by atoms with Gasteiger partial charge in [0, 0.05) is 5.56 Å². The number of ketones is 1. The molecule has 1 aliphatic carbocycles. The molecule has 6 nitrogen and oxygen atoms in total. The topological polar surface area (TPSA) is 78.9 Å². The number of aryl methyl sites for hydroxylation is 1. The zero-order chi connectivity index (χ0) is 18.5. The van der Waals surface area contributed by atoms with Gasteiger partial charge in [-0.3, -0.25) is 4.79 Å². The molecule has 4 rings (SSSR count). The van der Waals surface area contributed by atoms with Gasteiger partial charge >= 0.3 is 11.9 Å². The molecule has 0 saturated heterocycles. The standard InChI is InChI=1S/C20H18O6/c1-24-18(22)15-14-9-10-20(26-14,16(15)19(23)25-2)13-8-7-11-5-3-4-6-12(11)17(13)21/h3-6,9-10,13-14H,7-8H2,1-2H3/t13-,14-,20-/m1/s1. The second kappa shape index (κ2) is 5.92. The van der Waals surface area contributed by atoms with E-state index in [0.29, 0.717) is 18.4 Å². The first-order chi connectivity index (χ1) is 12.5. The predicted molar refractivity (Wildman–Crippen MR) is 90.4 cm³/mol. The maximum atomic E-state index is 13.2. The van der Waals surface area contributed by atoms with Crippen LogP contribution < -0.4 is 0 Å². The van der Waals surface area contributed by atoms with Gasteiger partial charge in [-0.1, -0.05) is 30.3 Å². The van der Waals surface area contributed by atoms with Crippen molar-refractivity contribution in [1.82, 2.24) is 0 Å². The van der Waals surface area contributed by atoms with Crippen molar-refractivity contribution in [1.29, 1.82) is 0 Å². The van der Waals surface area contributed by atoms with Gasteiger partial charge in [0.2, 0.25) is 0 Å². The molecular weight excluding hydrogens is 336 g/mol. The van der Waals surface area contributed by atoms with E-state index in [1.54, 1.807) is 18.2 Å². The van der Waals surface area contributed by atoms with E-state index < -0.39 is 29.6 Å². The maximum absolute atomic E-state index is 13.2. The molecule has 3 atom stereocenters. The number of hydrogen-bond donors (Lipinski definition) is 0. The average molecular weight is 354 g/mol. The summed E-state index contributed by atoms with van der Waals surface area (Å²) in [6.07, 6.45) is 3.92. The Bertz CT molecular complexity index is 880. The normalized spacial score (nSPS) is 28.9. The lowest BCUT2D eigenvalue weighted by Crippen LogP contribution is -2.46. The van der Waals surface area contributed by atoms with E-state index in [1.807, 2.05) is 18.2 Å². The number of hydrogen-bond acceptors (Lipinski definition) is 6. The van der Waals surface area contributed by atoms with Gasteiger partial charge in [-0.15, -0.1) is 0 Å². The average Bonchev–Trinajstić information content (AvgIpc) is 3.24. The molecule has 0 amide bonds. The second-order valence-corrected chi connectivity index (χ2v) is 6.58. The highest BCUT2D eigenvalue weighted by Crippen LogP contribution is 2.51. The Kier molecular flexibility index (Phi) is 3.80. The molecule has 0 aromatic heterocycles. The van der Waals surface area contributed by atoms with Gasteiger partial charge in [0.25, 0.3) is 0 Å². The number of benzene rings is 1. The molecule has 1 aromatic rings. The second-order valence-electron chi connectivity index (χ2n) is 6.58. The summed E-state index contributed by atoms with van der Waals surface area (Å²) in [7, 11) is 2.49. The van der Waals surface area contributed by atoms with Crippen LogP contribution in [-0.2, 0) is 30.2 Å². The first-order valence-electron chi connectivity index (χ1n) is 8.44. The molecule has 3 aliphatic rings. The van der Waals surface area contributed by atoms with Crippen LogP contribution in [0.2, 0.25) is 0 Å². The zero-order valence-corrected chi connectivity index (χ0v) is 14.5. The fraction of sp³-hybridized carbons (Fsp3) is 0.350. The molecule has 26 heavy (non-hydrogen) atoms. The van der Waals surface area contributed by atoms with Gasteiger partial charge in [-0.2, -0.15) is 0 Å². The first-order valence-corrected chi connectivity index (χ1v) is 8.44. The van der Waals surface area contributed by atoms with Gasteiger partial charge < -0.3 is 14.2 Å². The summed E-state index contributed by atoms with van der Waals surface area (Å²) in [6.45, 7) is 0. The van der Waals surface area contributed by atoms with E-state index in [-0.39, 0.29) is 16.9 Å². The number of rotatable bonds is 3. The van der Waals surface area contributed by atoms with Crippen molar-refractivity contribution in [3.63, 3.8) is 0 Å². The lowest BCUT2D eigenvalue weighted by Gasteiger charge is -2.36. The Morgan fingerprint density at radius 1 is 1.15 bits per heavy atom. The number of methoxy groups -OCH3 is 2. The summed E-state index contributed by atoms with van der Waals surface area (Å²) < 4.78 is 15.8. The van der Waals surface area contributed by atoms with Crippen LogP contribution in [0.1, 0.15) is 22.3 Å². The van der Waals surface area contributed by atoms with Crippen molar-refractivity contribution in [3.05, 3.63) is 58.7 Å². The monoisotopic (exact) mass is 354 g/mol. The summed E-state index contributed by atoms with van der Waals surface area (Å²) in [5.74, 6) is -2.02. The fourth-order valence-corrected chi connectivity index (χ4v) is 4.25. The summed E-state index contributed by atoms with van der Waals surface area (Å²) in [6, 6.07) is 7.43. The number of esters is 2. The van der Waals surface area contributed by atoms with Crippen LogP contribution in [0.3, 0.4) is 0 Å². The van der Waals surface area contributed by atoms with Crippen molar-refractivity contribution >= 4 is 17.7 Å². The van der Waals surface area contributed by atoms with Crippen LogP contribution >= 0.6 is 0 Å². The van der Waals surface area contributed by atoms with Crippen molar-refractivity contribution in [2.45, 2.75) is 24.5 Å². The Morgan fingerprint density at radius 2 is 1.88 bits per heavy atom. The third-order valence-corrected chi connectivity index (χ3v) is 5.40. The summed E-state index contributed by atoms with van der Waals surface area (Å²) >= 11 is 0. The molecule has 0 fully saturated rings. The smallest absolute Gasteiger partial charge is 0.337 e. The predicted octanol–water partition coefficient (Wildman–Crippen LogP) is 1.78. The molecule has 0 radical (unpaired) electrons. The lowest BCUT2D eigenvalue weighted by molar-refractivity contribution is -0.139. The molecule has 0 spiro atoms. The van der Waals surface area contributed by atoms with E-state index >= 15 is 0 Å². The molecule has 0 N–H and O–H groups in total. The van der Waals surface area contributed by atoms with E-state index in [2.05, 4.69) is 0 Å². The maximum Gasteiger partial charge on any atom is 0.337 e. The number of Topliss-reactive ketones (excluding diaryl/α,β-unsaturated/α-hetero) is 1. The quantitative estimate of drug-likeness (QED) is 0.608. The molecule has 0 saturated carbocycles. The first kappa shape index (κ1) is 16.7. The number of fused-ring (bicyclic) bond motifs is 3. The molecule has 2 aliphatic heterocycles. The number of ether oxygens (including phenoxy) is 3. The minimum atomic E-state index is -1.29. The molecule has 134 valence electrons. The summed E-state index contributed by atoms with van der Waals surface area (Å²) in [5.41, 5.74) is 0.532. The molecule has 0 unspecified atom stereocenters. The third-order valence-electron chi connectivity index (χ3n) is 5.40. The molecular formula is C20H18O6. The molecule has 1 aromatic carbocycles. The molecule has 6 heteroatoms. The third kappa shape index (κ3) is 2.12. The van der Waals surface area contributed by atoms with Crippen LogP contribution in [0.5, 0.6) is 0 Å². The van der Waals surface area contributed by atoms with Gasteiger partial charge in [0.1, 0.15) is 11.7 Å². The minimum Gasteiger partial charge on any atom is -0.466 e. The SMILES string of the molecule is COC(=O)C1=C(C(=O)OC)[C@]2([C@@H]3CCc4ccccc4C3=O)C=C[C@H]1O2. The van der Waals surface area contributed by atoms with Crippen molar-refractivity contribution in [2.24, 2.45) is 5.92 Å². The Labute approximate surface area is 150 Å². The summed E-state index contributed by atoms with van der Waals surface area (Å²) in [5, 5.41) is 0. The van der Waals surface area contributed by atoms with E-state index in [4.69, 9.17) is 14.2 Å². The molecule has 2 bridgehead atoms. The van der Waals surface area contributed by atoms with Crippen LogP contribution in [0.15, 0.2) is 47.6 Å². The van der Waals surface area contributed by atoms with E-state index in [9.17, 15) is 14.4 Å². The molecule has 2 heterocycles. The van der Waals surface area contributed by atoms with Crippen molar-refractivity contribution in [3.8, 4) is 0 Å². The highest BCUT2D eigenvalue weighted by atomic mass is 16.6. The van der Waals surface area contributed by atoms with Gasteiger partial charge in [-0.05, 0) is 24.5 Å². The Morgan fingerprint density at radius 3 is 2.62 bits per heavy atom. The highest BCUT2D eigenvalue weighted by molar-refractivity contribution is 6.08.